The van der Waals surface area contributed by atoms with Crippen molar-refractivity contribution in [2.45, 2.75) is 44.6 Å². The molecule has 4 atom stereocenters. The fraction of sp³-hybridized carbons (Fsp3) is 1.00. The molecule has 3 rings (SSSR count). The molecular formula is C11H19N. The van der Waals surface area contributed by atoms with Crippen molar-refractivity contribution in [3.05, 3.63) is 0 Å². The third kappa shape index (κ3) is 1.02. The quantitative estimate of drug-likeness (QED) is 0.666. The summed E-state index contributed by atoms with van der Waals surface area (Å²) in [4.78, 5) is 0. The zero-order chi connectivity index (χ0) is 8.13. The predicted molar refractivity (Wildman–Crippen MR) is 49.6 cm³/mol. The van der Waals surface area contributed by atoms with Crippen molar-refractivity contribution in [1.82, 2.24) is 0 Å². The molecule has 3 aliphatic rings. The van der Waals surface area contributed by atoms with Crippen LogP contribution >= 0.6 is 0 Å². The van der Waals surface area contributed by atoms with Gasteiger partial charge in [-0.1, -0.05) is 6.42 Å². The first kappa shape index (κ1) is 7.37. The van der Waals surface area contributed by atoms with Crippen LogP contribution in [0.25, 0.3) is 0 Å². The van der Waals surface area contributed by atoms with Crippen LogP contribution in [0, 0.1) is 23.7 Å². The van der Waals surface area contributed by atoms with Crippen LogP contribution in [0.1, 0.15) is 38.5 Å². The first-order valence-electron chi connectivity index (χ1n) is 5.60. The Morgan fingerprint density at radius 1 is 1.00 bits per heavy atom. The maximum Gasteiger partial charge on any atom is 0.00983 e. The summed E-state index contributed by atoms with van der Waals surface area (Å²) < 4.78 is 0. The SMILES string of the molecule is NC(C1CC1)C1CC2CCC1C2. The molecule has 68 valence electrons. The Balaban J connectivity index is 1.69. The number of hydrogen-bond donors (Lipinski definition) is 1. The molecule has 4 unspecified atom stereocenters. The number of rotatable bonds is 2. The lowest BCUT2D eigenvalue weighted by molar-refractivity contribution is 0.264. The lowest BCUT2D eigenvalue weighted by atomic mass is 9.82. The molecule has 12 heavy (non-hydrogen) atoms. The maximum atomic E-state index is 6.27. The third-order valence-electron chi connectivity index (χ3n) is 4.45. The van der Waals surface area contributed by atoms with E-state index in [1.807, 2.05) is 0 Å². The normalized spacial score (nSPS) is 48.2. The van der Waals surface area contributed by atoms with Crippen LogP contribution in [0.5, 0.6) is 0 Å². The third-order valence-corrected chi connectivity index (χ3v) is 4.45. The molecular weight excluding hydrogens is 146 g/mol. The zero-order valence-corrected chi connectivity index (χ0v) is 7.71. The number of fused-ring (bicyclic) bond motifs is 2. The van der Waals surface area contributed by atoms with E-state index in [4.69, 9.17) is 5.73 Å². The van der Waals surface area contributed by atoms with Crippen molar-refractivity contribution < 1.29 is 0 Å². The lowest BCUT2D eigenvalue weighted by Crippen LogP contribution is -2.35. The molecule has 2 bridgehead atoms. The molecule has 1 heteroatoms. The highest BCUT2D eigenvalue weighted by atomic mass is 14.7. The highest BCUT2D eigenvalue weighted by Gasteiger charge is 2.45. The molecule has 3 aliphatic carbocycles. The molecule has 0 aromatic rings. The summed E-state index contributed by atoms with van der Waals surface area (Å²) in [5.74, 6) is 3.96. The molecule has 0 spiro atoms. The monoisotopic (exact) mass is 165 g/mol. The Morgan fingerprint density at radius 3 is 2.33 bits per heavy atom. The second-order valence-corrected chi connectivity index (χ2v) is 5.25. The first-order chi connectivity index (χ1) is 5.84. The van der Waals surface area contributed by atoms with Crippen LogP contribution in [-0.2, 0) is 0 Å². The smallest absolute Gasteiger partial charge is 0.00983 e. The average molecular weight is 165 g/mol. The topological polar surface area (TPSA) is 26.0 Å². The van der Waals surface area contributed by atoms with E-state index in [0.29, 0.717) is 6.04 Å². The van der Waals surface area contributed by atoms with Gasteiger partial charge in [-0.2, -0.15) is 0 Å². The van der Waals surface area contributed by atoms with Crippen molar-refractivity contribution in [3.63, 3.8) is 0 Å². The molecule has 1 nitrogen and oxygen atoms in total. The highest BCUT2D eigenvalue weighted by Crippen LogP contribution is 2.52. The van der Waals surface area contributed by atoms with Crippen molar-refractivity contribution in [3.8, 4) is 0 Å². The van der Waals surface area contributed by atoms with Crippen LogP contribution < -0.4 is 5.73 Å². The molecule has 0 aromatic heterocycles. The molecule has 0 aromatic carbocycles. The Labute approximate surface area is 74.7 Å². The van der Waals surface area contributed by atoms with Gasteiger partial charge in [0.05, 0.1) is 0 Å². The molecule has 0 saturated heterocycles. The molecule has 0 heterocycles. The van der Waals surface area contributed by atoms with Gasteiger partial charge in [-0.05, 0) is 55.8 Å². The van der Waals surface area contributed by atoms with Gasteiger partial charge < -0.3 is 5.73 Å². The molecule has 0 amide bonds. The van der Waals surface area contributed by atoms with E-state index in [0.717, 1.165) is 23.7 Å². The summed E-state index contributed by atoms with van der Waals surface area (Å²) in [5.41, 5.74) is 6.27. The van der Waals surface area contributed by atoms with Crippen LogP contribution in [0.2, 0.25) is 0 Å². The Bertz CT molecular complexity index is 185. The molecule has 2 N–H and O–H groups in total. The van der Waals surface area contributed by atoms with Crippen molar-refractivity contribution >= 4 is 0 Å². The molecule has 0 radical (unpaired) electrons. The highest BCUT2D eigenvalue weighted by molar-refractivity contribution is 4.98. The predicted octanol–water partition coefficient (Wildman–Crippen LogP) is 2.16. The summed E-state index contributed by atoms with van der Waals surface area (Å²) in [6.45, 7) is 0. The van der Waals surface area contributed by atoms with Gasteiger partial charge in [0, 0.05) is 6.04 Å². The van der Waals surface area contributed by atoms with Crippen molar-refractivity contribution in [1.29, 1.82) is 0 Å². The maximum absolute atomic E-state index is 6.27. The summed E-state index contributed by atoms with van der Waals surface area (Å²) in [5, 5.41) is 0. The van der Waals surface area contributed by atoms with Gasteiger partial charge >= 0.3 is 0 Å². The second kappa shape index (κ2) is 2.47. The van der Waals surface area contributed by atoms with E-state index in [2.05, 4.69) is 0 Å². The average Bonchev–Trinajstić information content (AvgIpc) is 2.73. The number of nitrogens with two attached hydrogens (primary N) is 1. The molecule has 0 aliphatic heterocycles. The minimum Gasteiger partial charge on any atom is -0.327 e. The molecule has 3 fully saturated rings. The Kier molecular flexibility index (Phi) is 1.52. The van der Waals surface area contributed by atoms with E-state index in [1.165, 1.54) is 38.5 Å². The van der Waals surface area contributed by atoms with E-state index < -0.39 is 0 Å². The van der Waals surface area contributed by atoms with E-state index in [-0.39, 0.29) is 0 Å². The fourth-order valence-electron chi connectivity index (χ4n) is 3.60. The zero-order valence-electron chi connectivity index (χ0n) is 7.71. The van der Waals surface area contributed by atoms with Crippen LogP contribution in [0.15, 0.2) is 0 Å². The van der Waals surface area contributed by atoms with E-state index in [1.54, 1.807) is 0 Å². The van der Waals surface area contributed by atoms with Crippen LogP contribution in [0.3, 0.4) is 0 Å². The van der Waals surface area contributed by atoms with Gasteiger partial charge in [0.15, 0.2) is 0 Å². The Hall–Kier alpha value is -0.0400. The minimum absolute atomic E-state index is 0.584. The van der Waals surface area contributed by atoms with Crippen molar-refractivity contribution in [2.75, 3.05) is 0 Å². The van der Waals surface area contributed by atoms with Gasteiger partial charge in [-0.25, -0.2) is 0 Å². The summed E-state index contributed by atoms with van der Waals surface area (Å²) in [6, 6.07) is 0.584. The first-order valence-corrected chi connectivity index (χ1v) is 5.60. The van der Waals surface area contributed by atoms with E-state index >= 15 is 0 Å². The van der Waals surface area contributed by atoms with Gasteiger partial charge in [-0.15, -0.1) is 0 Å². The van der Waals surface area contributed by atoms with Crippen molar-refractivity contribution in [2.24, 2.45) is 29.4 Å². The summed E-state index contributed by atoms with van der Waals surface area (Å²) in [7, 11) is 0. The minimum atomic E-state index is 0.584. The summed E-state index contributed by atoms with van der Waals surface area (Å²) >= 11 is 0. The summed E-state index contributed by atoms with van der Waals surface area (Å²) in [6.07, 6.45) is 8.85. The van der Waals surface area contributed by atoms with Gasteiger partial charge in [0.1, 0.15) is 0 Å². The standard InChI is InChI=1S/C11H19N/c12-11(8-3-4-8)10-6-7-1-2-9(10)5-7/h7-11H,1-6,12H2. The largest absolute Gasteiger partial charge is 0.327 e. The van der Waals surface area contributed by atoms with Gasteiger partial charge in [0.25, 0.3) is 0 Å². The van der Waals surface area contributed by atoms with Crippen LogP contribution in [-0.4, -0.2) is 6.04 Å². The second-order valence-electron chi connectivity index (χ2n) is 5.25. The van der Waals surface area contributed by atoms with Gasteiger partial charge in [0.2, 0.25) is 0 Å². The fourth-order valence-corrected chi connectivity index (χ4v) is 3.60. The van der Waals surface area contributed by atoms with Gasteiger partial charge in [-0.3, -0.25) is 0 Å². The van der Waals surface area contributed by atoms with E-state index in [9.17, 15) is 0 Å². The molecule has 3 saturated carbocycles. The lowest BCUT2D eigenvalue weighted by Gasteiger charge is -2.27. The number of hydrogen-bond acceptors (Lipinski definition) is 1. The Morgan fingerprint density at radius 2 is 1.83 bits per heavy atom. The van der Waals surface area contributed by atoms with Crippen LogP contribution in [0.4, 0.5) is 0 Å².